The topological polar surface area (TPSA) is 46.2 Å². The Morgan fingerprint density at radius 2 is 1.60 bits per heavy atom. The molecule has 0 saturated heterocycles. The number of aliphatic hydroxyl groups is 1. The molecule has 0 aliphatic rings. The van der Waals surface area contributed by atoms with Gasteiger partial charge in [0.2, 0.25) is 0 Å². The molecule has 0 radical (unpaired) electrons. The lowest BCUT2D eigenvalue weighted by molar-refractivity contribution is 0.147. The zero-order valence-electron chi connectivity index (χ0n) is 10.6. The molecule has 0 spiro atoms. The first-order valence-corrected chi connectivity index (χ1v) is 6.87. The summed E-state index contributed by atoms with van der Waals surface area (Å²) < 4.78 is 13.0. The highest BCUT2D eigenvalue weighted by molar-refractivity contribution is 6.36. The van der Waals surface area contributed by atoms with Crippen molar-refractivity contribution in [1.82, 2.24) is 0 Å². The Bertz CT molecular complexity index is 569. The molecule has 3 N–H and O–H groups in total. The van der Waals surface area contributed by atoms with E-state index in [1.165, 1.54) is 12.1 Å². The number of hydrogen-bond donors (Lipinski definition) is 2. The van der Waals surface area contributed by atoms with Crippen molar-refractivity contribution in [3.05, 3.63) is 69.5 Å². The van der Waals surface area contributed by atoms with Crippen molar-refractivity contribution >= 4 is 23.2 Å². The second-order valence-corrected chi connectivity index (χ2v) is 5.29. The molecule has 2 rings (SSSR count). The molecule has 0 amide bonds. The lowest BCUT2D eigenvalue weighted by atomic mass is 9.89. The molecule has 0 aromatic heterocycles. The molecular weight excluding hydrogens is 300 g/mol. The normalized spacial score (nSPS) is 14.1. The smallest absolute Gasteiger partial charge is 0.123 e. The number of nitrogens with two attached hydrogens (primary N) is 1. The molecule has 5 heteroatoms. The number of rotatable bonds is 4. The Labute approximate surface area is 126 Å². The van der Waals surface area contributed by atoms with Crippen LogP contribution >= 0.6 is 23.2 Å². The van der Waals surface area contributed by atoms with Crippen LogP contribution in [0, 0.1) is 5.82 Å². The van der Waals surface area contributed by atoms with Gasteiger partial charge in [-0.15, -0.1) is 0 Å². The second-order valence-electron chi connectivity index (χ2n) is 4.47. The fraction of sp³-hybridized carbons (Fsp3) is 0.200. The second kappa shape index (κ2) is 6.55. The number of benzene rings is 2. The molecule has 20 heavy (non-hydrogen) atoms. The first kappa shape index (κ1) is 15.3. The summed E-state index contributed by atoms with van der Waals surface area (Å²) in [5, 5.41) is 11.3. The van der Waals surface area contributed by atoms with Crippen LogP contribution in [0.3, 0.4) is 0 Å². The largest absolute Gasteiger partial charge is 0.388 e. The lowest BCUT2D eigenvalue weighted by Gasteiger charge is -2.24. The molecule has 2 unspecified atom stereocenters. The minimum absolute atomic E-state index is 0.189. The SMILES string of the molecule is NCC(c1ccc(F)cc1)C(O)c1c(Cl)cccc1Cl. The molecule has 106 valence electrons. The van der Waals surface area contributed by atoms with Crippen molar-refractivity contribution in [3.8, 4) is 0 Å². The number of hydrogen-bond acceptors (Lipinski definition) is 2. The van der Waals surface area contributed by atoms with Crippen LogP contribution in [0.2, 0.25) is 10.0 Å². The van der Waals surface area contributed by atoms with Crippen LogP contribution in [-0.4, -0.2) is 11.7 Å². The first-order valence-electron chi connectivity index (χ1n) is 6.12. The maximum absolute atomic E-state index is 13.0. The summed E-state index contributed by atoms with van der Waals surface area (Å²) in [5.74, 6) is -0.747. The van der Waals surface area contributed by atoms with Gasteiger partial charge in [-0.25, -0.2) is 4.39 Å². The molecule has 0 fully saturated rings. The van der Waals surface area contributed by atoms with E-state index < -0.39 is 12.0 Å². The molecule has 0 saturated carbocycles. The maximum Gasteiger partial charge on any atom is 0.123 e. The Hall–Kier alpha value is -1.13. The van der Waals surface area contributed by atoms with Crippen LogP contribution in [0.1, 0.15) is 23.1 Å². The molecule has 2 nitrogen and oxygen atoms in total. The summed E-state index contributed by atoms with van der Waals surface area (Å²) >= 11 is 12.2. The summed E-state index contributed by atoms with van der Waals surface area (Å²) in [7, 11) is 0. The van der Waals surface area contributed by atoms with Crippen molar-refractivity contribution in [3.63, 3.8) is 0 Å². The van der Waals surface area contributed by atoms with Crippen molar-refractivity contribution in [2.45, 2.75) is 12.0 Å². The standard InChI is InChI=1S/C15H14Cl2FNO/c16-12-2-1-3-13(17)14(12)15(20)11(8-19)9-4-6-10(18)7-5-9/h1-7,11,15,20H,8,19H2. The van der Waals surface area contributed by atoms with Crippen molar-refractivity contribution in [1.29, 1.82) is 0 Å². The monoisotopic (exact) mass is 313 g/mol. The van der Waals surface area contributed by atoms with E-state index in [1.54, 1.807) is 30.3 Å². The minimum Gasteiger partial charge on any atom is -0.388 e. The van der Waals surface area contributed by atoms with Gasteiger partial charge in [0.1, 0.15) is 5.82 Å². The Morgan fingerprint density at radius 3 is 2.10 bits per heavy atom. The van der Waals surface area contributed by atoms with Crippen LogP contribution in [-0.2, 0) is 0 Å². The number of halogens is 3. The van der Waals surface area contributed by atoms with Crippen molar-refractivity contribution < 1.29 is 9.50 Å². The minimum atomic E-state index is -0.952. The highest BCUT2D eigenvalue weighted by Crippen LogP contribution is 2.37. The summed E-state index contributed by atoms with van der Waals surface area (Å²) in [6.45, 7) is 0.189. The van der Waals surface area contributed by atoms with E-state index in [-0.39, 0.29) is 12.4 Å². The fourth-order valence-electron chi connectivity index (χ4n) is 2.15. The van der Waals surface area contributed by atoms with Gasteiger partial charge < -0.3 is 10.8 Å². The van der Waals surface area contributed by atoms with Crippen LogP contribution in [0.5, 0.6) is 0 Å². The van der Waals surface area contributed by atoms with Crippen LogP contribution in [0.4, 0.5) is 4.39 Å². The van der Waals surface area contributed by atoms with Gasteiger partial charge in [0, 0.05) is 28.1 Å². The Balaban J connectivity index is 2.39. The quantitative estimate of drug-likeness (QED) is 0.899. The fourth-order valence-corrected chi connectivity index (χ4v) is 2.77. The molecule has 0 aliphatic carbocycles. The lowest BCUT2D eigenvalue weighted by Crippen LogP contribution is -2.20. The van der Waals surface area contributed by atoms with Gasteiger partial charge in [-0.2, -0.15) is 0 Å². The summed E-state index contributed by atoms with van der Waals surface area (Å²) in [5.41, 5.74) is 6.92. The Morgan fingerprint density at radius 1 is 1.05 bits per heavy atom. The third-order valence-corrected chi connectivity index (χ3v) is 3.89. The molecule has 0 aliphatic heterocycles. The molecule has 0 heterocycles. The van der Waals surface area contributed by atoms with E-state index in [9.17, 15) is 9.50 Å². The first-order chi connectivity index (χ1) is 9.54. The molecule has 2 atom stereocenters. The van der Waals surface area contributed by atoms with E-state index in [4.69, 9.17) is 28.9 Å². The molecule has 2 aromatic carbocycles. The van der Waals surface area contributed by atoms with E-state index in [2.05, 4.69) is 0 Å². The number of aliphatic hydroxyl groups excluding tert-OH is 1. The summed E-state index contributed by atoms with van der Waals surface area (Å²) in [4.78, 5) is 0. The third kappa shape index (κ3) is 3.13. The predicted molar refractivity (Wildman–Crippen MR) is 79.6 cm³/mol. The summed E-state index contributed by atoms with van der Waals surface area (Å²) in [6, 6.07) is 10.9. The highest BCUT2D eigenvalue weighted by Gasteiger charge is 2.25. The zero-order valence-corrected chi connectivity index (χ0v) is 12.1. The van der Waals surface area contributed by atoms with Gasteiger partial charge in [-0.3, -0.25) is 0 Å². The third-order valence-electron chi connectivity index (χ3n) is 3.23. The molecular formula is C15H14Cl2FNO. The van der Waals surface area contributed by atoms with Gasteiger partial charge in [0.05, 0.1) is 6.10 Å². The molecule has 2 aromatic rings. The summed E-state index contributed by atoms with van der Waals surface area (Å²) in [6.07, 6.45) is -0.952. The van der Waals surface area contributed by atoms with Gasteiger partial charge in [-0.05, 0) is 29.8 Å². The van der Waals surface area contributed by atoms with E-state index in [0.717, 1.165) is 5.56 Å². The van der Waals surface area contributed by atoms with E-state index >= 15 is 0 Å². The maximum atomic E-state index is 13.0. The van der Waals surface area contributed by atoms with Gasteiger partial charge in [0.15, 0.2) is 0 Å². The van der Waals surface area contributed by atoms with Crippen LogP contribution in [0.25, 0.3) is 0 Å². The van der Waals surface area contributed by atoms with Crippen LogP contribution < -0.4 is 5.73 Å². The van der Waals surface area contributed by atoms with E-state index in [1.807, 2.05) is 0 Å². The van der Waals surface area contributed by atoms with E-state index in [0.29, 0.717) is 15.6 Å². The van der Waals surface area contributed by atoms with Crippen molar-refractivity contribution in [2.24, 2.45) is 5.73 Å². The van der Waals surface area contributed by atoms with Gasteiger partial charge in [-0.1, -0.05) is 41.4 Å². The molecule has 0 bridgehead atoms. The van der Waals surface area contributed by atoms with Crippen LogP contribution in [0.15, 0.2) is 42.5 Å². The Kier molecular flexibility index (Phi) is 5.00. The van der Waals surface area contributed by atoms with Gasteiger partial charge >= 0.3 is 0 Å². The average molecular weight is 314 g/mol. The zero-order chi connectivity index (χ0) is 14.7. The predicted octanol–water partition coefficient (Wildman–Crippen LogP) is 3.91. The van der Waals surface area contributed by atoms with Gasteiger partial charge in [0.25, 0.3) is 0 Å². The average Bonchev–Trinajstić information content (AvgIpc) is 2.41. The van der Waals surface area contributed by atoms with Crippen molar-refractivity contribution in [2.75, 3.05) is 6.54 Å². The highest BCUT2D eigenvalue weighted by atomic mass is 35.5.